The molecule has 2 aromatic heterocycles. The van der Waals surface area contributed by atoms with Crippen molar-refractivity contribution in [1.82, 2.24) is 25.3 Å². The van der Waals surface area contributed by atoms with Crippen molar-refractivity contribution in [3.8, 4) is 0 Å². The summed E-state index contributed by atoms with van der Waals surface area (Å²) in [6.07, 6.45) is 14.9. The maximum Gasteiger partial charge on any atom is 0.271 e. The quantitative estimate of drug-likeness (QED) is 0.753. The molecule has 29 heavy (non-hydrogen) atoms. The molecule has 0 spiro atoms. The average Bonchev–Trinajstić information content (AvgIpc) is 2.80. The number of hydrogen-bond donors (Lipinski definition) is 1. The highest BCUT2D eigenvalue weighted by molar-refractivity contribution is 5.92. The Hall–Kier alpha value is -3.03. The number of carbonyl (C=O) groups excluding carboxylic acids is 1. The molecule has 8 nitrogen and oxygen atoms in total. The normalized spacial score (nSPS) is 17.0. The van der Waals surface area contributed by atoms with Crippen LogP contribution < -0.4 is 15.1 Å². The Labute approximate surface area is 171 Å². The first-order valence-electron chi connectivity index (χ1n) is 10.3. The Morgan fingerprint density at radius 3 is 2.45 bits per heavy atom. The molecule has 4 rings (SSSR count). The number of amides is 1. The van der Waals surface area contributed by atoms with Crippen molar-refractivity contribution in [2.45, 2.75) is 32.1 Å². The van der Waals surface area contributed by atoms with Gasteiger partial charge in [-0.3, -0.25) is 4.79 Å². The highest BCUT2D eigenvalue weighted by Gasteiger charge is 2.20. The number of allylic oxidation sites excluding steroid dienone is 1. The van der Waals surface area contributed by atoms with Gasteiger partial charge in [0.1, 0.15) is 11.5 Å². The number of nitrogens with one attached hydrogen (secondary N) is 1. The van der Waals surface area contributed by atoms with Crippen LogP contribution in [0.5, 0.6) is 0 Å². The summed E-state index contributed by atoms with van der Waals surface area (Å²) in [4.78, 5) is 34.0. The van der Waals surface area contributed by atoms with E-state index in [-0.39, 0.29) is 5.91 Å². The van der Waals surface area contributed by atoms with Gasteiger partial charge < -0.3 is 15.1 Å². The van der Waals surface area contributed by atoms with Gasteiger partial charge in [0.15, 0.2) is 0 Å². The summed E-state index contributed by atoms with van der Waals surface area (Å²) in [5, 5.41) is 2.95. The van der Waals surface area contributed by atoms with Crippen LogP contribution in [0.1, 0.15) is 42.6 Å². The second-order valence-corrected chi connectivity index (χ2v) is 7.40. The molecule has 1 aliphatic carbocycles. The molecule has 1 saturated heterocycles. The van der Waals surface area contributed by atoms with E-state index in [1.807, 2.05) is 6.07 Å². The number of hydrogen-bond acceptors (Lipinski definition) is 7. The first-order chi connectivity index (χ1) is 14.3. The molecule has 0 radical (unpaired) electrons. The molecule has 0 aromatic carbocycles. The predicted octanol–water partition coefficient (Wildman–Crippen LogP) is 2.21. The summed E-state index contributed by atoms with van der Waals surface area (Å²) >= 11 is 0. The van der Waals surface area contributed by atoms with Crippen LogP contribution in [-0.4, -0.2) is 58.6 Å². The van der Waals surface area contributed by atoms with E-state index >= 15 is 0 Å². The lowest BCUT2D eigenvalue weighted by Gasteiger charge is -2.35. The lowest BCUT2D eigenvalue weighted by molar-refractivity contribution is 0.0948. The molecule has 0 atom stereocenters. The van der Waals surface area contributed by atoms with Crippen molar-refractivity contribution in [1.29, 1.82) is 0 Å². The van der Waals surface area contributed by atoms with E-state index in [4.69, 9.17) is 0 Å². The van der Waals surface area contributed by atoms with Crippen LogP contribution in [0.2, 0.25) is 0 Å². The average molecular weight is 393 g/mol. The third-order valence-corrected chi connectivity index (χ3v) is 5.43. The molecule has 2 aliphatic rings. The Balaban J connectivity index is 1.25. The fourth-order valence-electron chi connectivity index (χ4n) is 3.75. The van der Waals surface area contributed by atoms with Crippen LogP contribution in [0.15, 0.2) is 42.5 Å². The summed E-state index contributed by atoms with van der Waals surface area (Å²) in [7, 11) is 0. The van der Waals surface area contributed by atoms with E-state index in [0.717, 1.165) is 50.8 Å². The first-order valence-corrected chi connectivity index (χ1v) is 10.3. The van der Waals surface area contributed by atoms with Crippen molar-refractivity contribution in [2.24, 2.45) is 0 Å². The van der Waals surface area contributed by atoms with Gasteiger partial charge in [0, 0.05) is 45.1 Å². The fourth-order valence-corrected chi connectivity index (χ4v) is 3.75. The molecule has 1 N–H and O–H groups in total. The minimum absolute atomic E-state index is 0.161. The van der Waals surface area contributed by atoms with Crippen molar-refractivity contribution in [2.75, 3.05) is 42.5 Å². The van der Waals surface area contributed by atoms with Gasteiger partial charge in [-0.05, 0) is 38.2 Å². The molecule has 1 aliphatic heterocycles. The van der Waals surface area contributed by atoms with Crippen molar-refractivity contribution < 1.29 is 4.79 Å². The van der Waals surface area contributed by atoms with Gasteiger partial charge >= 0.3 is 0 Å². The maximum absolute atomic E-state index is 12.3. The summed E-state index contributed by atoms with van der Waals surface area (Å²) in [6, 6.07) is 1.82. The second-order valence-electron chi connectivity index (χ2n) is 7.40. The Morgan fingerprint density at radius 1 is 0.966 bits per heavy atom. The standard InChI is InChI=1S/C21H27N7O/c29-20(22-10-7-17-5-2-1-3-6-17)18-15-26-19(16-25-18)27-11-13-28(14-12-27)21-23-8-4-9-24-21/h4-5,8-9,15-16H,1-3,6-7,10-14H2,(H,22,29). The molecule has 1 fully saturated rings. The van der Waals surface area contributed by atoms with Gasteiger partial charge in [0.05, 0.1) is 12.4 Å². The SMILES string of the molecule is O=C(NCCC1=CCCCC1)c1cnc(N2CCN(c3ncccn3)CC2)cn1. The van der Waals surface area contributed by atoms with Crippen LogP contribution in [0.25, 0.3) is 0 Å². The predicted molar refractivity (Wildman–Crippen MR) is 112 cm³/mol. The van der Waals surface area contributed by atoms with Crippen LogP contribution in [-0.2, 0) is 0 Å². The van der Waals surface area contributed by atoms with Gasteiger partial charge in [-0.2, -0.15) is 0 Å². The zero-order valence-electron chi connectivity index (χ0n) is 16.6. The molecular formula is C21H27N7O. The van der Waals surface area contributed by atoms with E-state index in [9.17, 15) is 4.79 Å². The summed E-state index contributed by atoms with van der Waals surface area (Å²) in [5.74, 6) is 1.39. The Bertz CT molecular complexity index is 830. The number of carbonyl (C=O) groups is 1. The smallest absolute Gasteiger partial charge is 0.271 e. The molecule has 0 unspecified atom stereocenters. The minimum Gasteiger partial charge on any atom is -0.352 e. The van der Waals surface area contributed by atoms with Gasteiger partial charge in [0.2, 0.25) is 5.95 Å². The largest absolute Gasteiger partial charge is 0.352 e. The zero-order valence-corrected chi connectivity index (χ0v) is 16.6. The third kappa shape index (κ3) is 5.07. The highest BCUT2D eigenvalue weighted by Crippen LogP contribution is 2.19. The minimum atomic E-state index is -0.161. The molecular weight excluding hydrogens is 366 g/mol. The molecule has 1 amide bonds. The summed E-state index contributed by atoms with van der Waals surface area (Å²) in [6.45, 7) is 3.92. The molecule has 152 valence electrons. The van der Waals surface area contributed by atoms with E-state index < -0.39 is 0 Å². The van der Waals surface area contributed by atoms with Gasteiger partial charge in [-0.1, -0.05) is 11.6 Å². The van der Waals surface area contributed by atoms with Crippen LogP contribution in [0.4, 0.5) is 11.8 Å². The monoisotopic (exact) mass is 393 g/mol. The fraction of sp³-hybridized carbons (Fsp3) is 0.476. The summed E-state index contributed by atoms with van der Waals surface area (Å²) in [5.41, 5.74) is 1.82. The first kappa shape index (κ1) is 19.3. The third-order valence-electron chi connectivity index (χ3n) is 5.43. The van der Waals surface area contributed by atoms with Gasteiger partial charge in [0.25, 0.3) is 5.91 Å². The lowest BCUT2D eigenvalue weighted by Crippen LogP contribution is -2.47. The maximum atomic E-state index is 12.3. The van der Waals surface area contributed by atoms with Crippen LogP contribution >= 0.6 is 0 Å². The second kappa shape index (κ2) is 9.45. The highest BCUT2D eigenvalue weighted by atomic mass is 16.1. The molecule has 2 aromatic rings. The van der Waals surface area contributed by atoms with Crippen molar-refractivity contribution in [3.63, 3.8) is 0 Å². The number of aromatic nitrogens is 4. The number of piperazine rings is 1. The Morgan fingerprint density at radius 2 is 1.76 bits per heavy atom. The molecule has 0 saturated carbocycles. The van der Waals surface area contributed by atoms with Crippen molar-refractivity contribution >= 4 is 17.7 Å². The Kier molecular flexibility index (Phi) is 6.29. The van der Waals surface area contributed by atoms with E-state index in [0.29, 0.717) is 12.2 Å². The zero-order chi connectivity index (χ0) is 19.9. The van der Waals surface area contributed by atoms with Crippen molar-refractivity contribution in [3.05, 3.63) is 48.2 Å². The number of nitrogens with zero attached hydrogens (tertiary/aromatic N) is 6. The number of rotatable bonds is 6. The topological polar surface area (TPSA) is 87.1 Å². The van der Waals surface area contributed by atoms with E-state index in [2.05, 4.69) is 41.1 Å². The van der Waals surface area contributed by atoms with E-state index in [1.165, 1.54) is 24.8 Å². The molecule has 0 bridgehead atoms. The number of anilines is 2. The van der Waals surface area contributed by atoms with Gasteiger partial charge in [-0.25, -0.2) is 19.9 Å². The molecule has 3 heterocycles. The van der Waals surface area contributed by atoms with Crippen LogP contribution in [0, 0.1) is 0 Å². The van der Waals surface area contributed by atoms with E-state index in [1.54, 1.807) is 24.8 Å². The van der Waals surface area contributed by atoms with Gasteiger partial charge in [-0.15, -0.1) is 0 Å². The lowest BCUT2D eigenvalue weighted by atomic mass is 9.97. The summed E-state index contributed by atoms with van der Waals surface area (Å²) < 4.78 is 0. The van der Waals surface area contributed by atoms with Crippen LogP contribution in [0.3, 0.4) is 0 Å². The molecule has 8 heteroatoms.